The van der Waals surface area contributed by atoms with E-state index < -0.39 is 0 Å². The van der Waals surface area contributed by atoms with Gasteiger partial charge in [0.25, 0.3) is 0 Å². The third-order valence-corrected chi connectivity index (χ3v) is 3.15. The zero-order chi connectivity index (χ0) is 12.8. The molecule has 0 radical (unpaired) electrons. The first-order valence-corrected chi connectivity index (χ1v) is 6.10. The number of hydrogen-bond acceptors (Lipinski definition) is 2. The monoisotopic (exact) mass is 234 g/mol. The summed E-state index contributed by atoms with van der Waals surface area (Å²) in [6.07, 6.45) is 0. The zero-order valence-corrected chi connectivity index (χ0v) is 10.8. The van der Waals surface area contributed by atoms with Crippen LogP contribution in [0.3, 0.4) is 0 Å². The first kappa shape index (κ1) is 13.7. The van der Waals surface area contributed by atoms with Gasteiger partial charge in [-0.1, -0.05) is 44.2 Å². The lowest BCUT2D eigenvalue weighted by molar-refractivity contribution is -0.124. The molecule has 0 aliphatic rings. The van der Waals surface area contributed by atoms with Crippen molar-refractivity contribution in [3.63, 3.8) is 0 Å². The molecule has 1 amide bonds. The maximum absolute atomic E-state index is 11.7. The highest BCUT2D eigenvalue weighted by Gasteiger charge is 2.17. The fourth-order valence-corrected chi connectivity index (χ4v) is 1.55. The Morgan fingerprint density at radius 1 is 1.24 bits per heavy atom. The Balaban J connectivity index is 2.44. The van der Waals surface area contributed by atoms with Crippen molar-refractivity contribution >= 4 is 5.91 Å². The second-order valence-electron chi connectivity index (χ2n) is 4.70. The van der Waals surface area contributed by atoms with Gasteiger partial charge < -0.3 is 11.1 Å². The van der Waals surface area contributed by atoms with Crippen molar-refractivity contribution in [2.24, 2.45) is 11.7 Å². The van der Waals surface area contributed by atoms with Crippen LogP contribution in [0.4, 0.5) is 0 Å². The van der Waals surface area contributed by atoms with Crippen molar-refractivity contribution in [2.45, 2.75) is 32.7 Å². The van der Waals surface area contributed by atoms with Gasteiger partial charge in [-0.3, -0.25) is 4.79 Å². The van der Waals surface area contributed by atoms with Gasteiger partial charge in [0.1, 0.15) is 0 Å². The molecule has 0 bridgehead atoms. The van der Waals surface area contributed by atoms with Crippen LogP contribution >= 0.6 is 0 Å². The third-order valence-electron chi connectivity index (χ3n) is 3.15. The van der Waals surface area contributed by atoms with Crippen LogP contribution in [0.25, 0.3) is 0 Å². The summed E-state index contributed by atoms with van der Waals surface area (Å²) >= 11 is 0. The number of nitrogens with two attached hydrogens (primary N) is 1. The molecule has 0 fully saturated rings. The van der Waals surface area contributed by atoms with Gasteiger partial charge in [0.05, 0.1) is 0 Å². The average Bonchev–Trinajstić information content (AvgIpc) is 2.35. The van der Waals surface area contributed by atoms with Crippen LogP contribution in [0.2, 0.25) is 0 Å². The van der Waals surface area contributed by atoms with Crippen LogP contribution < -0.4 is 11.1 Å². The van der Waals surface area contributed by atoms with Crippen molar-refractivity contribution in [1.29, 1.82) is 0 Å². The lowest BCUT2D eigenvalue weighted by atomic mass is 10.00. The number of amides is 1. The minimum atomic E-state index is -0.141. The molecular weight excluding hydrogens is 212 g/mol. The number of carbonyl (C=O) groups excluding carboxylic acids is 1. The second-order valence-corrected chi connectivity index (χ2v) is 4.70. The topological polar surface area (TPSA) is 55.1 Å². The molecule has 3 unspecified atom stereocenters. The largest absolute Gasteiger partial charge is 0.355 e. The second kappa shape index (κ2) is 6.40. The van der Waals surface area contributed by atoms with Gasteiger partial charge >= 0.3 is 0 Å². The van der Waals surface area contributed by atoms with Gasteiger partial charge in [-0.25, -0.2) is 0 Å². The summed E-state index contributed by atoms with van der Waals surface area (Å²) in [6.45, 7) is 6.46. The molecule has 0 aliphatic carbocycles. The smallest absolute Gasteiger partial charge is 0.224 e. The van der Waals surface area contributed by atoms with Gasteiger partial charge in [-0.15, -0.1) is 0 Å². The van der Waals surface area contributed by atoms with Crippen LogP contribution in [0.5, 0.6) is 0 Å². The number of nitrogens with one attached hydrogen (secondary N) is 1. The summed E-state index contributed by atoms with van der Waals surface area (Å²) in [6, 6.07) is 10.1. The summed E-state index contributed by atoms with van der Waals surface area (Å²) in [5, 5.41) is 2.94. The van der Waals surface area contributed by atoms with E-state index in [-0.39, 0.29) is 17.9 Å². The quantitative estimate of drug-likeness (QED) is 0.817. The normalized spacial score (nSPS) is 16.0. The molecule has 0 spiro atoms. The van der Waals surface area contributed by atoms with E-state index in [1.54, 1.807) is 0 Å². The number of hydrogen-bond donors (Lipinski definition) is 2. The average molecular weight is 234 g/mol. The molecule has 3 atom stereocenters. The summed E-state index contributed by atoms with van der Waals surface area (Å²) in [7, 11) is 0. The van der Waals surface area contributed by atoms with Gasteiger partial charge in [0, 0.05) is 18.5 Å². The van der Waals surface area contributed by atoms with Crippen molar-refractivity contribution < 1.29 is 4.79 Å². The number of benzene rings is 1. The van der Waals surface area contributed by atoms with E-state index >= 15 is 0 Å². The van der Waals surface area contributed by atoms with E-state index in [1.807, 2.05) is 32.0 Å². The standard InChI is InChI=1S/C14H22N2O/c1-10(13-7-5-4-6-8-13)9-16-14(17)11(2)12(3)15/h4-8,10-12H,9,15H2,1-3H3,(H,16,17). The maximum atomic E-state index is 11.7. The SMILES string of the molecule is CC(CNC(=O)C(C)C(C)N)c1ccccc1. The maximum Gasteiger partial charge on any atom is 0.224 e. The van der Waals surface area contributed by atoms with E-state index in [4.69, 9.17) is 5.73 Å². The van der Waals surface area contributed by atoms with Crippen LogP contribution in [0.15, 0.2) is 30.3 Å². The highest BCUT2D eigenvalue weighted by molar-refractivity contribution is 5.78. The Morgan fingerprint density at radius 3 is 2.35 bits per heavy atom. The molecule has 17 heavy (non-hydrogen) atoms. The van der Waals surface area contributed by atoms with Crippen LogP contribution in [-0.2, 0) is 4.79 Å². The summed E-state index contributed by atoms with van der Waals surface area (Å²) < 4.78 is 0. The predicted molar refractivity (Wildman–Crippen MR) is 70.7 cm³/mol. The molecule has 3 nitrogen and oxygen atoms in total. The van der Waals surface area contributed by atoms with E-state index in [0.717, 1.165) is 0 Å². The van der Waals surface area contributed by atoms with Crippen molar-refractivity contribution in [1.82, 2.24) is 5.32 Å². The van der Waals surface area contributed by atoms with E-state index in [1.165, 1.54) is 5.56 Å². The van der Waals surface area contributed by atoms with Crippen molar-refractivity contribution in [3.8, 4) is 0 Å². The molecule has 1 aromatic rings. The molecule has 3 heteroatoms. The molecule has 3 N–H and O–H groups in total. The zero-order valence-electron chi connectivity index (χ0n) is 10.8. The van der Waals surface area contributed by atoms with Crippen molar-refractivity contribution in [3.05, 3.63) is 35.9 Å². The summed E-state index contributed by atoms with van der Waals surface area (Å²) in [5.74, 6) is 0.209. The molecule has 0 aliphatic heterocycles. The lowest BCUT2D eigenvalue weighted by Crippen LogP contribution is -2.39. The molecule has 1 rings (SSSR count). The Kier molecular flexibility index (Phi) is 5.16. The molecule has 0 saturated heterocycles. The predicted octanol–water partition coefficient (Wildman–Crippen LogP) is 1.89. The Labute approximate surface area is 103 Å². The molecule has 94 valence electrons. The molecular formula is C14H22N2O. The third kappa shape index (κ3) is 4.19. The first-order chi connectivity index (χ1) is 8.02. The van der Waals surface area contributed by atoms with Gasteiger partial charge in [-0.2, -0.15) is 0 Å². The Morgan fingerprint density at radius 2 is 1.82 bits per heavy atom. The highest BCUT2D eigenvalue weighted by Crippen LogP contribution is 2.13. The van der Waals surface area contributed by atoms with E-state index in [0.29, 0.717) is 12.5 Å². The van der Waals surface area contributed by atoms with E-state index in [9.17, 15) is 4.79 Å². The minimum absolute atomic E-state index is 0.0304. The number of rotatable bonds is 5. The Hall–Kier alpha value is -1.35. The molecule has 1 aromatic carbocycles. The summed E-state index contributed by atoms with van der Waals surface area (Å²) in [4.78, 5) is 11.7. The van der Waals surface area contributed by atoms with E-state index in [2.05, 4.69) is 24.4 Å². The van der Waals surface area contributed by atoms with Crippen LogP contribution in [0, 0.1) is 5.92 Å². The first-order valence-electron chi connectivity index (χ1n) is 6.10. The van der Waals surface area contributed by atoms with Crippen LogP contribution in [-0.4, -0.2) is 18.5 Å². The molecule has 0 heterocycles. The summed E-state index contributed by atoms with van der Waals surface area (Å²) in [5.41, 5.74) is 6.93. The highest BCUT2D eigenvalue weighted by atomic mass is 16.1. The van der Waals surface area contributed by atoms with Gasteiger partial charge in [-0.05, 0) is 18.4 Å². The minimum Gasteiger partial charge on any atom is -0.355 e. The number of carbonyl (C=O) groups is 1. The van der Waals surface area contributed by atoms with Crippen molar-refractivity contribution in [2.75, 3.05) is 6.54 Å². The molecule has 0 saturated carbocycles. The molecule has 0 aromatic heterocycles. The van der Waals surface area contributed by atoms with Crippen LogP contribution in [0.1, 0.15) is 32.3 Å². The lowest BCUT2D eigenvalue weighted by Gasteiger charge is -2.18. The Bertz CT molecular complexity index is 348. The van der Waals surface area contributed by atoms with Gasteiger partial charge in [0.15, 0.2) is 0 Å². The van der Waals surface area contributed by atoms with Gasteiger partial charge in [0.2, 0.25) is 5.91 Å². The fraction of sp³-hybridized carbons (Fsp3) is 0.500. The fourth-order valence-electron chi connectivity index (χ4n) is 1.55.